The maximum atomic E-state index is 12.9. The van der Waals surface area contributed by atoms with Gasteiger partial charge in [0.05, 0.1) is 19.6 Å². The van der Waals surface area contributed by atoms with Crippen LogP contribution in [0.4, 0.5) is 0 Å². The first kappa shape index (κ1) is 20.1. The quantitative estimate of drug-likeness (QED) is 0.480. The summed E-state index contributed by atoms with van der Waals surface area (Å²) in [5, 5.41) is 2.49. The predicted octanol–water partition coefficient (Wildman–Crippen LogP) is 4.61. The van der Waals surface area contributed by atoms with Gasteiger partial charge < -0.3 is 23.9 Å². The van der Waals surface area contributed by atoms with Gasteiger partial charge >= 0.3 is 0 Å². The number of fused-ring (bicyclic) bond motifs is 2. The fraction of sp³-hybridized carbons (Fsp3) is 0.167. The number of benzene rings is 2. The van der Waals surface area contributed by atoms with E-state index in [0.717, 1.165) is 22.4 Å². The zero-order valence-corrected chi connectivity index (χ0v) is 18.3. The molecular formula is C24H20N2O5S. The monoisotopic (exact) mass is 448 g/mol. The standard InChI is InChI=1S/C24H20N2O5S/c1-28-17-7-5-15(12-19(17)29-2)16-13-32-24-22(16)23(27)25-21(26-24)8-4-14-3-6-18-20(11-14)31-10-9-30-18/h3-8,11-13H,9-10H2,1-2H3,(H,25,26,27). The Morgan fingerprint density at radius 2 is 1.81 bits per heavy atom. The molecule has 3 heterocycles. The fourth-order valence-electron chi connectivity index (χ4n) is 3.60. The van der Waals surface area contributed by atoms with Crippen molar-refractivity contribution in [1.82, 2.24) is 9.97 Å². The summed E-state index contributed by atoms with van der Waals surface area (Å²) in [6, 6.07) is 11.3. The number of nitrogens with one attached hydrogen (secondary N) is 1. The van der Waals surface area contributed by atoms with Crippen LogP contribution in [-0.2, 0) is 0 Å². The second-order valence-corrected chi connectivity index (χ2v) is 7.94. The van der Waals surface area contributed by atoms with Gasteiger partial charge in [0.25, 0.3) is 5.56 Å². The van der Waals surface area contributed by atoms with Crippen LogP contribution in [0.1, 0.15) is 11.4 Å². The van der Waals surface area contributed by atoms with E-state index in [-0.39, 0.29) is 5.56 Å². The molecule has 2 aromatic heterocycles. The van der Waals surface area contributed by atoms with E-state index in [1.54, 1.807) is 20.3 Å². The lowest BCUT2D eigenvalue weighted by atomic mass is 10.1. The van der Waals surface area contributed by atoms with Crippen molar-refractivity contribution < 1.29 is 18.9 Å². The van der Waals surface area contributed by atoms with Gasteiger partial charge in [0, 0.05) is 10.9 Å². The molecule has 4 aromatic rings. The fourth-order valence-corrected chi connectivity index (χ4v) is 4.55. The highest BCUT2D eigenvalue weighted by molar-refractivity contribution is 7.17. The zero-order chi connectivity index (χ0) is 22.1. The topological polar surface area (TPSA) is 82.7 Å². The van der Waals surface area contributed by atoms with Crippen molar-refractivity contribution in [3.05, 3.63) is 63.5 Å². The summed E-state index contributed by atoms with van der Waals surface area (Å²) < 4.78 is 21.9. The number of rotatable bonds is 5. The molecular weight excluding hydrogens is 428 g/mol. The molecule has 32 heavy (non-hydrogen) atoms. The van der Waals surface area contributed by atoms with Crippen molar-refractivity contribution in [3.8, 4) is 34.1 Å². The van der Waals surface area contributed by atoms with Crippen LogP contribution in [0.25, 0.3) is 33.5 Å². The third-order valence-electron chi connectivity index (χ3n) is 5.16. The molecule has 7 nitrogen and oxygen atoms in total. The van der Waals surface area contributed by atoms with Gasteiger partial charge in [0.15, 0.2) is 23.0 Å². The number of aromatic nitrogens is 2. The van der Waals surface area contributed by atoms with Gasteiger partial charge in [0.1, 0.15) is 23.9 Å². The maximum Gasteiger partial charge on any atom is 0.260 e. The Labute approximate surface area is 187 Å². The number of hydrogen-bond acceptors (Lipinski definition) is 7. The molecule has 0 atom stereocenters. The summed E-state index contributed by atoms with van der Waals surface area (Å²) in [4.78, 5) is 21.1. The normalized spacial score (nSPS) is 12.9. The Morgan fingerprint density at radius 3 is 2.62 bits per heavy atom. The van der Waals surface area contributed by atoms with Gasteiger partial charge in [-0.1, -0.05) is 18.2 Å². The SMILES string of the molecule is COc1ccc(-c2csc3nc(C=Cc4ccc5c(c4)OCCO5)[nH]c(=O)c23)cc1OC. The van der Waals surface area contributed by atoms with Gasteiger partial charge in [0.2, 0.25) is 0 Å². The minimum atomic E-state index is -0.192. The number of methoxy groups -OCH3 is 2. The lowest BCUT2D eigenvalue weighted by Crippen LogP contribution is -2.15. The molecule has 2 aromatic carbocycles. The van der Waals surface area contributed by atoms with E-state index >= 15 is 0 Å². The van der Waals surface area contributed by atoms with Crippen molar-refractivity contribution in [1.29, 1.82) is 0 Å². The van der Waals surface area contributed by atoms with Crippen LogP contribution in [0.2, 0.25) is 0 Å². The third-order valence-corrected chi connectivity index (χ3v) is 6.03. The van der Waals surface area contributed by atoms with Crippen molar-refractivity contribution >= 4 is 33.7 Å². The van der Waals surface area contributed by atoms with Crippen molar-refractivity contribution in [2.75, 3.05) is 27.4 Å². The number of H-pyrrole nitrogens is 1. The van der Waals surface area contributed by atoms with Gasteiger partial charge in [-0.15, -0.1) is 11.3 Å². The summed E-state index contributed by atoms with van der Waals surface area (Å²) in [5.74, 6) is 3.18. The molecule has 0 saturated heterocycles. The number of hydrogen-bond donors (Lipinski definition) is 1. The van der Waals surface area contributed by atoms with E-state index in [4.69, 9.17) is 18.9 Å². The molecule has 1 aliphatic rings. The second kappa shape index (κ2) is 8.39. The first-order valence-electron chi connectivity index (χ1n) is 9.98. The summed E-state index contributed by atoms with van der Waals surface area (Å²) in [7, 11) is 3.17. The van der Waals surface area contributed by atoms with Crippen LogP contribution < -0.4 is 24.5 Å². The highest BCUT2D eigenvalue weighted by atomic mass is 32.1. The van der Waals surface area contributed by atoms with Crippen LogP contribution in [0.5, 0.6) is 23.0 Å². The van der Waals surface area contributed by atoms with Crippen LogP contribution in [0.3, 0.4) is 0 Å². The van der Waals surface area contributed by atoms with E-state index in [1.165, 1.54) is 11.3 Å². The van der Waals surface area contributed by atoms with E-state index in [0.29, 0.717) is 46.5 Å². The molecule has 162 valence electrons. The van der Waals surface area contributed by atoms with E-state index in [1.807, 2.05) is 47.9 Å². The lowest BCUT2D eigenvalue weighted by Gasteiger charge is -2.18. The Balaban J connectivity index is 1.48. The Morgan fingerprint density at radius 1 is 1.00 bits per heavy atom. The number of nitrogens with zero attached hydrogens (tertiary/aromatic N) is 1. The molecule has 0 bridgehead atoms. The minimum absolute atomic E-state index is 0.192. The van der Waals surface area contributed by atoms with Crippen molar-refractivity contribution in [2.24, 2.45) is 0 Å². The number of aromatic amines is 1. The lowest BCUT2D eigenvalue weighted by molar-refractivity contribution is 0.171. The molecule has 8 heteroatoms. The molecule has 5 rings (SSSR count). The van der Waals surface area contributed by atoms with Gasteiger partial charge in [-0.2, -0.15) is 0 Å². The van der Waals surface area contributed by atoms with Crippen LogP contribution >= 0.6 is 11.3 Å². The van der Waals surface area contributed by atoms with E-state index in [9.17, 15) is 4.79 Å². The largest absolute Gasteiger partial charge is 0.493 e. The molecule has 1 N–H and O–H groups in total. The Kier molecular flexibility index (Phi) is 5.28. The summed E-state index contributed by atoms with van der Waals surface area (Å²) in [6.07, 6.45) is 3.66. The van der Waals surface area contributed by atoms with Gasteiger partial charge in [-0.25, -0.2) is 4.98 Å². The molecule has 0 fully saturated rings. The highest BCUT2D eigenvalue weighted by Crippen LogP contribution is 2.36. The number of thiophene rings is 1. The Hall–Kier alpha value is -3.78. The van der Waals surface area contributed by atoms with Crippen LogP contribution in [-0.4, -0.2) is 37.4 Å². The van der Waals surface area contributed by atoms with Crippen molar-refractivity contribution in [2.45, 2.75) is 0 Å². The van der Waals surface area contributed by atoms with Crippen LogP contribution in [0.15, 0.2) is 46.6 Å². The van der Waals surface area contributed by atoms with Gasteiger partial charge in [-0.05, 0) is 41.5 Å². The molecule has 0 radical (unpaired) electrons. The summed E-state index contributed by atoms with van der Waals surface area (Å²) in [5.41, 5.74) is 2.40. The summed E-state index contributed by atoms with van der Waals surface area (Å²) in [6.45, 7) is 1.09. The zero-order valence-electron chi connectivity index (χ0n) is 17.5. The highest BCUT2D eigenvalue weighted by Gasteiger charge is 2.15. The molecule has 0 unspecified atom stereocenters. The first-order chi connectivity index (χ1) is 15.7. The Bertz CT molecular complexity index is 1390. The molecule has 0 amide bonds. The first-order valence-corrected chi connectivity index (χ1v) is 10.9. The van der Waals surface area contributed by atoms with Gasteiger partial charge in [-0.3, -0.25) is 4.79 Å². The average Bonchev–Trinajstić information content (AvgIpc) is 3.27. The molecule has 1 aliphatic heterocycles. The third kappa shape index (κ3) is 3.69. The maximum absolute atomic E-state index is 12.9. The van der Waals surface area contributed by atoms with Crippen molar-refractivity contribution in [3.63, 3.8) is 0 Å². The minimum Gasteiger partial charge on any atom is -0.493 e. The van der Waals surface area contributed by atoms with Crippen LogP contribution in [0, 0.1) is 0 Å². The smallest absolute Gasteiger partial charge is 0.260 e. The number of ether oxygens (including phenoxy) is 4. The average molecular weight is 449 g/mol. The van der Waals surface area contributed by atoms with E-state index in [2.05, 4.69) is 9.97 Å². The van der Waals surface area contributed by atoms with E-state index < -0.39 is 0 Å². The second-order valence-electron chi connectivity index (χ2n) is 7.09. The summed E-state index contributed by atoms with van der Waals surface area (Å²) >= 11 is 1.43. The predicted molar refractivity (Wildman–Crippen MR) is 125 cm³/mol. The molecule has 0 spiro atoms. The molecule has 0 aliphatic carbocycles. The molecule has 0 saturated carbocycles.